The fraction of sp³-hybridized carbons (Fsp3) is 0.0417. The van der Waals surface area contributed by atoms with Crippen molar-refractivity contribution in [3.05, 3.63) is 84.8 Å². The Hall–Kier alpha value is -4.59. The van der Waals surface area contributed by atoms with E-state index in [1.165, 1.54) is 0 Å². The van der Waals surface area contributed by atoms with Crippen molar-refractivity contribution in [2.24, 2.45) is 0 Å². The number of ether oxygens (including phenoxy) is 1. The number of rotatable bonds is 6. The molecule has 0 spiro atoms. The number of amides is 1. The monoisotopic (exact) mass is 426 g/mol. The van der Waals surface area contributed by atoms with E-state index in [9.17, 15) is 9.59 Å². The second-order valence-corrected chi connectivity index (χ2v) is 7.21. The summed E-state index contributed by atoms with van der Waals surface area (Å²) in [7, 11) is 0. The number of aromatic amines is 1. The Kier molecular flexibility index (Phi) is 4.79. The topological polar surface area (TPSA) is 109 Å². The highest BCUT2D eigenvalue weighted by molar-refractivity contribution is 6.03. The van der Waals surface area contributed by atoms with Gasteiger partial charge in [-0.25, -0.2) is 4.98 Å². The first-order valence-corrected chi connectivity index (χ1v) is 9.90. The molecular formula is C24H18N4O4. The van der Waals surface area contributed by atoms with Crippen molar-refractivity contribution in [2.75, 3.05) is 5.32 Å². The third-order valence-corrected chi connectivity index (χ3v) is 5.02. The molecule has 0 atom stereocenters. The van der Waals surface area contributed by atoms with E-state index >= 15 is 0 Å². The summed E-state index contributed by atoms with van der Waals surface area (Å²) in [4.78, 5) is 30.9. The van der Waals surface area contributed by atoms with Crippen LogP contribution < -0.4 is 10.1 Å². The smallest absolute Gasteiger partial charge is 0.323 e. The number of para-hydroxylation sites is 2. The van der Waals surface area contributed by atoms with Gasteiger partial charge in [-0.3, -0.25) is 9.59 Å². The molecule has 0 bridgehead atoms. The maximum Gasteiger partial charge on any atom is 0.323 e. The maximum atomic E-state index is 12.5. The lowest BCUT2D eigenvalue weighted by atomic mass is 10.2. The van der Waals surface area contributed by atoms with Gasteiger partial charge in [-0.1, -0.05) is 18.2 Å². The number of benzene rings is 3. The first kappa shape index (κ1) is 19.4. The number of hydrogen-bond acceptors (Lipinski definition) is 4. The number of imidazole rings is 1. The molecule has 0 aliphatic carbocycles. The van der Waals surface area contributed by atoms with Gasteiger partial charge in [-0.15, -0.1) is 0 Å². The van der Waals surface area contributed by atoms with Gasteiger partial charge in [0.25, 0.3) is 5.91 Å². The fourth-order valence-electron chi connectivity index (χ4n) is 3.55. The van der Waals surface area contributed by atoms with Gasteiger partial charge in [0.2, 0.25) is 0 Å². The summed E-state index contributed by atoms with van der Waals surface area (Å²) >= 11 is 0. The Balaban J connectivity index is 1.31. The van der Waals surface area contributed by atoms with Crippen molar-refractivity contribution in [3.63, 3.8) is 0 Å². The SMILES string of the molecule is O=C(O)Cn1ccc2c(Oc3ccc(NC(=O)c4nc5ccccc5[nH]4)cc3)cccc21. The normalized spacial score (nSPS) is 11.0. The summed E-state index contributed by atoms with van der Waals surface area (Å²) in [5, 5.41) is 12.7. The first-order chi connectivity index (χ1) is 15.6. The molecule has 3 aromatic carbocycles. The summed E-state index contributed by atoms with van der Waals surface area (Å²) in [6.45, 7) is -0.118. The van der Waals surface area contributed by atoms with E-state index in [1.807, 2.05) is 48.5 Å². The zero-order valence-corrected chi connectivity index (χ0v) is 16.8. The van der Waals surface area contributed by atoms with Crippen molar-refractivity contribution < 1.29 is 19.4 Å². The number of carboxylic acids is 1. The summed E-state index contributed by atoms with van der Waals surface area (Å²) in [5.74, 6) is 0.202. The van der Waals surface area contributed by atoms with Crippen LogP contribution in [0.25, 0.3) is 21.9 Å². The van der Waals surface area contributed by atoms with Crippen molar-refractivity contribution in [1.82, 2.24) is 14.5 Å². The molecule has 2 heterocycles. The lowest BCUT2D eigenvalue weighted by Crippen LogP contribution is -2.13. The van der Waals surface area contributed by atoms with Gasteiger partial charge in [0.15, 0.2) is 5.82 Å². The largest absolute Gasteiger partial charge is 0.480 e. The number of hydrogen-bond donors (Lipinski definition) is 3. The van der Waals surface area contributed by atoms with Crippen LogP contribution in [0.15, 0.2) is 79.0 Å². The summed E-state index contributed by atoms with van der Waals surface area (Å²) in [6.07, 6.45) is 1.72. The number of carbonyl (C=O) groups is 2. The van der Waals surface area contributed by atoms with Crippen LogP contribution in [0.5, 0.6) is 11.5 Å². The molecule has 0 aliphatic heterocycles. The molecule has 0 aliphatic rings. The molecule has 2 aromatic heterocycles. The van der Waals surface area contributed by atoms with Gasteiger partial charge in [0, 0.05) is 17.3 Å². The first-order valence-electron chi connectivity index (χ1n) is 9.90. The number of nitrogens with zero attached hydrogens (tertiary/aromatic N) is 2. The Morgan fingerprint density at radius 1 is 1.00 bits per heavy atom. The Labute approximate surface area is 182 Å². The third kappa shape index (κ3) is 3.77. The van der Waals surface area contributed by atoms with Gasteiger partial charge >= 0.3 is 5.97 Å². The van der Waals surface area contributed by atoms with Crippen molar-refractivity contribution in [3.8, 4) is 11.5 Å². The number of anilines is 1. The predicted molar refractivity (Wildman–Crippen MR) is 120 cm³/mol. The molecule has 0 fully saturated rings. The van der Waals surface area contributed by atoms with Crippen molar-refractivity contribution in [1.29, 1.82) is 0 Å². The number of nitrogens with one attached hydrogen (secondary N) is 2. The second kappa shape index (κ2) is 7.92. The molecule has 0 radical (unpaired) electrons. The molecule has 32 heavy (non-hydrogen) atoms. The molecule has 158 valence electrons. The number of carbonyl (C=O) groups excluding carboxylic acids is 1. The summed E-state index contributed by atoms with van der Waals surface area (Å²) in [6, 6.07) is 21.8. The minimum Gasteiger partial charge on any atom is -0.480 e. The maximum absolute atomic E-state index is 12.5. The van der Waals surface area contributed by atoms with Gasteiger partial charge < -0.3 is 24.7 Å². The van der Waals surface area contributed by atoms with Gasteiger partial charge in [0.05, 0.1) is 16.6 Å². The zero-order chi connectivity index (χ0) is 22.1. The number of carboxylic acid groups (broad SMARTS) is 1. The van der Waals surface area contributed by atoms with Gasteiger partial charge in [-0.2, -0.15) is 0 Å². The van der Waals surface area contributed by atoms with E-state index in [-0.39, 0.29) is 18.3 Å². The van der Waals surface area contributed by atoms with E-state index in [4.69, 9.17) is 9.84 Å². The van der Waals surface area contributed by atoms with Crippen LogP contribution in [0.3, 0.4) is 0 Å². The Bertz CT molecular complexity index is 1420. The Morgan fingerprint density at radius 2 is 1.81 bits per heavy atom. The van der Waals surface area contributed by atoms with Crippen LogP contribution in [-0.2, 0) is 11.3 Å². The van der Waals surface area contributed by atoms with E-state index in [1.54, 1.807) is 35.0 Å². The van der Waals surface area contributed by atoms with Crippen LogP contribution in [0.1, 0.15) is 10.6 Å². The summed E-state index contributed by atoms with van der Waals surface area (Å²) in [5.41, 5.74) is 2.91. The highest BCUT2D eigenvalue weighted by Crippen LogP contribution is 2.31. The molecule has 0 saturated carbocycles. The predicted octanol–water partition coefficient (Wildman–Crippen LogP) is 4.65. The molecule has 5 rings (SSSR count). The number of aliphatic carboxylic acids is 1. The molecule has 3 N–H and O–H groups in total. The van der Waals surface area contributed by atoms with Gasteiger partial charge in [0.1, 0.15) is 18.0 Å². The molecule has 0 saturated heterocycles. The number of H-pyrrole nitrogens is 1. The van der Waals surface area contributed by atoms with Crippen molar-refractivity contribution >= 4 is 39.5 Å². The van der Waals surface area contributed by atoms with Crippen LogP contribution in [-0.4, -0.2) is 31.5 Å². The van der Waals surface area contributed by atoms with E-state index in [2.05, 4.69) is 15.3 Å². The quantitative estimate of drug-likeness (QED) is 0.366. The number of fused-ring (bicyclic) bond motifs is 2. The summed E-state index contributed by atoms with van der Waals surface area (Å²) < 4.78 is 7.66. The molecule has 5 aromatic rings. The van der Waals surface area contributed by atoms with Crippen LogP contribution in [0.2, 0.25) is 0 Å². The lowest BCUT2D eigenvalue weighted by Gasteiger charge is -2.09. The number of aromatic nitrogens is 3. The third-order valence-electron chi connectivity index (χ3n) is 5.02. The zero-order valence-electron chi connectivity index (χ0n) is 16.8. The van der Waals surface area contributed by atoms with Crippen LogP contribution in [0.4, 0.5) is 5.69 Å². The van der Waals surface area contributed by atoms with Crippen molar-refractivity contribution in [2.45, 2.75) is 6.54 Å². The molecule has 0 unspecified atom stereocenters. The highest BCUT2D eigenvalue weighted by Gasteiger charge is 2.12. The van der Waals surface area contributed by atoms with E-state index < -0.39 is 5.97 Å². The van der Waals surface area contributed by atoms with Crippen LogP contribution >= 0.6 is 0 Å². The fourth-order valence-corrected chi connectivity index (χ4v) is 3.55. The van der Waals surface area contributed by atoms with E-state index in [0.29, 0.717) is 17.2 Å². The minimum atomic E-state index is -0.908. The Morgan fingerprint density at radius 3 is 2.59 bits per heavy atom. The molecule has 1 amide bonds. The van der Waals surface area contributed by atoms with Crippen LogP contribution in [0, 0.1) is 0 Å². The minimum absolute atomic E-state index is 0.118. The molecular weight excluding hydrogens is 408 g/mol. The van der Waals surface area contributed by atoms with Gasteiger partial charge in [-0.05, 0) is 54.6 Å². The average molecular weight is 426 g/mol. The molecule has 8 heteroatoms. The van der Waals surface area contributed by atoms with E-state index in [0.717, 1.165) is 21.9 Å². The second-order valence-electron chi connectivity index (χ2n) is 7.21. The lowest BCUT2D eigenvalue weighted by molar-refractivity contribution is -0.137. The standard InChI is InChI=1S/C24H18N4O4/c29-22(30)14-28-13-12-17-20(28)6-3-7-21(17)32-16-10-8-15(9-11-16)25-24(31)23-26-18-4-1-2-5-19(18)27-23/h1-13H,14H2,(H,25,31)(H,26,27)(H,29,30). The molecule has 8 nitrogen and oxygen atoms in total. The highest BCUT2D eigenvalue weighted by atomic mass is 16.5. The average Bonchev–Trinajstić information content (AvgIpc) is 3.40.